The average Bonchev–Trinajstić information content (AvgIpc) is 3.35. The molecule has 0 bridgehead atoms. The van der Waals surface area contributed by atoms with Crippen LogP contribution < -0.4 is 10.2 Å². The van der Waals surface area contributed by atoms with E-state index in [-0.39, 0.29) is 18.2 Å². The molecule has 2 aromatic carbocycles. The van der Waals surface area contributed by atoms with Gasteiger partial charge in [-0.25, -0.2) is 0 Å². The molecule has 2 heterocycles. The van der Waals surface area contributed by atoms with E-state index in [1.165, 1.54) is 6.42 Å². The number of anilines is 2. The largest absolute Gasteiger partial charge is 0.339 e. The lowest BCUT2D eigenvalue weighted by molar-refractivity contribution is -0.122. The molecular formula is C23H22N4O3. The number of benzene rings is 2. The predicted octanol–water partition coefficient (Wildman–Crippen LogP) is 4.00. The molecule has 5 rings (SSSR count). The van der Waals surface area contributed by atoms with Gasteiger partial charge < -0.3 is 14.7 Å². The zero-order chi connectivity index (χ0) is 20.5. The third-order valence-electron chi connectivity index (χ3n) is 5.85. The van der Waals surface area contributed by atoms with Crippen molar-refractivity contribution < 1.29 is 14.1 Å². The van der Waals surface area contributed by atoms with Crippen LogP contribution >= 0.6 is 0 Å². The summed E-state index contributed by atoms with van der Waals surface area (Å²) in [6.07, 6.45) is 3.60. The molecule has 1 aliphatic carbocycles. The third kappa shape index (κ3) is 3.58. The second kappa shape index (κ2) is 7.74. The first kappa shape index (κ1) is 18.5. The van der Waals surface area contributed by atoms with Crippen molar-refractivity contribution in [2.45, 2.75) is 31.6 Å². The van der Waals surface area contributed by atoms with Crippen LogP contribution in [0.15, 0.2) is 59.1 Å². The molecule has 152 valence electrons. The molecule has 1 saturated heterocycles. The molecule has 1 aromatic heterocycles. The molecule has 7 nitrogen and oxygen atoms in total. The Bertz CT molecular complexity index is 1070. The van der Waals surface area contributed by atoms with Gasteiger partial charge in [0, 0.05) is 35.8 Å². The zero-order valence-corrected chi connectivity index (χ0v) is 16.5. The Morgan fingerprint density at radius 3 is 2.70 bits per heavy atom. The van der Waals surface area contributed by atoms with Crippen molar-refractivity contribution in [1.82, 2.24) is 10.1 Å². The van der Waals surface area contributed by atoms with Gasteiger partial charge >= 0.3 is 0 Å². The molecule has 2 aliphatic rings. The number of para-hydroxylation sites is 1. The lowest BCUT2D eigenvalue weighted by Crippen LogP contribution is -2.28. The summed E-state index contributed by atoms with van der Waals surface area (Å²) in [4.78, 5) is 31.4. The van der Waals surface area contributed by atoms with Crippen LogP contribution in [0.25, 0.3) is 11.4 Å². The maximum Gasteiger partial charge on any atom is 0.230 e. The Morgan fingerprint density at radius 2 is 1.93 bits per heavy atom. The third-order valence-corrected chi connectivity index (χ3v) is 5.85. The molecule has 1 saturated carbocycles. The van der Waals surface area contributed by atoms with Crippen LogP contribution in [0.3, 0.4) is 0 Å². The highest BCUT2D eigenvalue weighted by Crippen LogP contribution is 2.36. The van der Waals surface area contributed by atoms with Crippen molar-refractivity contribution in [3.8, 4) is 11.4 Å². The standard InChI is InChI=1S/C23H22N4O3/c28-20-13-17(14-27(20)19-10-2-1-3-11-19)22(29)24-18-9-5-8-16(12-18)21-25-23(30-26-21)15-6-4-7-15/h1-3,5,8-12,15,17H,4,6-7,13-14H2,(H,24,29)/t17-/m0/s1. The van der Waals surface area contributed by atoms with Crippen molar-refractivity contribution in [2.24, 2.45) is 5.92 Å². The summed E-state index contributed by atoms with van der Waals surface area (Å²) in [6.45, 7) is 0.379. The van der Waals surface area contributed by atoms with E-state index < -0.39 is 5.92 Å². The number of nitrogens with one attached hydrogen (secondary N) is 1. The minimum atomic E-state index is -0.392. The summed E-state index contributed by atoms with van der Waals surface area (Å²) in [5.74, 6) is 1.00. The number of rotatable bonds is 5. The quantitative estimate of drug-likeness (QED) is 0.697. The number of hydrogen-bond acceptors (Lipinski definition) is 5. The summed E-state index contributed by atoms with van der Waals surface area (Å²) in [6, 6.07) is 16.8. The summed E-state index contributed by atoms with van der Waals surface area (Å²) in [5, 5.41) is 7.02. The van der Waals surface area contributed by atoms with E-state index in [2.05, 4.69) is 15.5 Å². The molecule has 0 spiro atoms. The van der Waals surface area contributed by atoms with Crippen molar-refractivity contribution in [1.29, 1.82) is 0 Å². The number of amides is 2. The van der Waals surface area contributed by atoms with E-state index in [9.17, 15) is 9.59 Å². The summed E-state index contributed by atoms with van der Waals surface area (Å²) >= 11 is 0. The van der Waals surface area contributed by atoms with Gasteiger partial charge in [0.25, 0.3) is 0 Å². The van der Waals surface area contributed by atoms with E-state index in [1.807, 2.05) is 54.6 Å². The predicted molar refractivity (Wildman–Crippen MR) is 112 cm³/mol. The van der Waals surface area contributed by atoms with Gasteiger partial charge in [0.1, 0.15) is 0 Å². The van der Waals surface area contributed by atoms with Crippen LogP contribution in [0.4, 0.5) is 11.4 Å². The molecule has 1 atom stereocenters. The normalized spacial score (nSPS) is 19.0. The van der Waals surface area contributed by atoms with Crippen LogP contribution in [0.2, 0.25) is 0 Å². The van der Waals surface area contributed by atoms with Crippen molar-refractivity contribution >= 4 is 23.2 Å². The topological polar surface area (TPSA) is 88.3 Å². The van der Waals surface area contributed by atoms with Gasteiger partial charge in [-0.3, -0.25) is 9.59 Å². The van der Waals surface area contributed by atoms with E-state index >= 15 is 0 Å². The van der Waals surface area contributed by atoms with Crippen LogP contribution in [0.1, 0.15) is 37.5 Å². The van der Waals surface area contributed by atoms with Crippen LogP contribution in [0.5, 0.6) is 0 Å². The highest BCUT2D eigenvalue weighted by Gasteiger charge is 2.35. The smallest absolute Gasteiger partial charge is 0.230 e. The fraction of sp³-hybridized carbons (Fsp3) is 0.304. The second-order valence-electron chi connectivity index (χ2n) is 7.90. The average molecular weight is 402 g/mol. The summed E-state index contributed by atoms with van der Waals surface area (Å²) in [5.41, 5.74) is 2.26. The van der Waals surface area contributed by atoms with Gasteiger partial charge in [-0.05, 0) is 37.1 Å². The molecule has 0 unspecified atom stereocenters. The monoisotopic (exact) mass is 402 g/mol. The Labute approximate surface area is 174 Å². The fourth-order valence-electron chi connectivity index (χ4n) is 3.89. The highest BCUT2D eigenvalue weighted by molar-refractivity contribution is 6.03. The van der Waals surface area contributed by atoms with E-state index in [4.69, 9.17) is 4.52 Å². The molecule has 3 aromatic rings. The molecule has 1 N–H and O–H groups in total. The second-order valence-corrected chi connectivity index (χ2v) is 7.90. The molecule has 2 amide bonds. The first-order valence-electron chi connectivity index (χ1n) is 10.3. The number of aromatic nitrogens is 2. The highest BCUT2D eigenvalue weighted by atomic mass is 16.5. The van der Waals surface area contributed by atoms with E-state index in [0.717, 1.165) is 24.1 Å². The zero-order valence-electron chi connectivity index (χ0n) is 16.5. The molecule has 7 heteroatoms. The summed E-state index contributed by atoms with van der Waals surface area (Å²) < 4.78 is 5.40. The van der Waals surface area contributed by atoms with Crippen LogP contribution in [-0.2, 0) is 9.59 Å². The first-order valence-corrected chi connectivity index (χ1v) is 10.3. The fourth-order valence-corrected chi connectivity index (χ4v) is 3.89. The molecule has 0 radical (unpaired) electrons. The van der Waals surface area contributed by atoms with Crippen molar-refractivity contribution in [3.63, 3.8) is 0 Å². The Hall–Kier alpha value is -3.48. The maximum atomic E-state index is 12.8. The molecule has 1 aliphatic heterocycles. The van der Waals surface area contributed by atoms with Gasteiger partial charge in [0.05, 0.1) is 5.92 Å². The van der Waals surface area contributed by atoms with Crippen molar-refractivity contribution in [2.75, 3.05) is 16.8 Å². The Balaban J connectivity index is 1.27. The number of carbonyl (C=O) groups excluding carboxylic acids is 2. The lowest BCUT2D eigenvalue weighted by atomic mass is 9.85. The van der Waals surface area contributed by atoms with Gasteiger partial charge in [0.2, 0.25) is 23.5 Å². The van der Waals surface area contributed by atoms with Crippen molar-refractivity contribution in [3.05, 3.63) is 60.5 Å². The number of hydrogen-bond donors (Lipinski definition) is 1. The minimum absolute atomic E-state index is 0.0366. The lowest BCUT2D eigenvalue weighted by Gasteiger charge is -2.20. The Morgan fingerprint density at radius 1 is 1.10 bits per heavy atom. The van der Waals surface area contributed by atoms with Gasteiger partial charge in [0.15, 0.2) is 0 Å². The molecule has 2 fully saturated rings. The van der Waals surface area contributed by atoms with Crippen LogP contribution in [-0.4, -0.2) is 28.5 Å². The van der Waals surface area contributed by atoms with E-state index in [1.54, 1.807) is 4.90 Å². The van der Waals surface area contributed by atoms with Gasteiger partial charge in [-0.15, -0.1) is 0 Å². The van der Waals surface area contributed by atoms with Gasteiger partial charge in [-0.1, -0.05) is 41.9 Å². The number of nitrogens with zero attached hydrogens (tertiary/aromatic N) is 3. The molecule has 30 heavy (non-hydrogen) atoms. The molecular weight excluding hydrogens is 380 g/mol. The van der Waals surface area contributed by atoms with E-state index in [0.29, 0.717) is 29.9 Å². The first-order chi connectivity index (χ1) is 14.7. The Kier molecular flexibility index (Phi) is 4.78. The minimum Gasteiger partial charge on any atom is -0.339 e. The summed E-state index contributed by atoms with van der Waals surface area (Å²) in [7, 11) is 0. The van der Waals surface area contributed by atoms with Crippen LogP contribution in [0, 0.1) is 5.92 Å². The van der Waals surface area contributed by atoms with Gasteiger partial charge in [-0.2, -0.15) is 4.98 Å². The SMILES string of the molecule is O=C(Nc1cccc(-c2noc(C3CCC3)n2)c1)[C@H]1CC(=O)N(c2ccccc2)C1. The maximum absolute atomic E-state index is 12.8. The number of carbonyl (C=O) groups is 2.